The number of aryl methyl sites for hydroxylation is 3. The molecule has 0 bridgehead atoms. The van der Waals surface area contributed by atoms with Crippen molar-refractivity contribution in [2.75, 3.05) is 18.9 Å². The van der Waals surface area contributed by atoms with Crippen LogP contribution < -0.4 is 5.32 Å². The molecule has 24 heavy (non-hydrogen) atoms. The maximum atomic E-state index is 13.4. The van der Waals surface area contributed by atoms with E-state index in [4.69, 9.17) is 0 Å². The van der Waals surface area contributed by atoms with Gasteiger partial charge in [0.2, 0.25) is 0 Å². The van der Waals surface area contributed by atoms with E-state index in [9.17, 15) is 4.39 Å². The van der Waals surface area contributed by atoms with Crippen molar-refractivity contribution < 1.29 is 4.39 Å². The minimum Gasteiger partial charge on any atom is -0.381 e. The normalized spacial score (nSPS) is 11.1. The van der Waals surface area contributed by atoms with Crippen molar-refractivity contribution in [3.8, 4) is 0 Å². The van der Waals surface area contributed by atoms with Gasteiger partial charge in [0.1, 0.15) is 5.82 Å². The third-order valence-electron chi connectivity index (χ3n) is 4.22. The molecule has 0 aliphatic carbocycles. The highest BCUT2D eigenvalue weighted by molar-refractivity contribution is 5.67. The summed E-state index contributed by atoms with van der Waals surface area (Å²) < 4.78 is 13.4. The lowest BCUT2D eigenvalue weighted by Gasteiger charge is -2.14. The summed E-state index contributed by atoms with van der Waals surface area (Å²) in [4.78, 5) is 6.58. The van der Waals surface area contributed by atoms with E-state index in [1.54, 1.807) is 6.07 Å². The van der Waals surface area contributed by atoms with Gasteiger partial charge >= 0.3 is 0 Å². The number of nitrogens with zero attached hydrogens (tertiary/aromatic N) is 2. The standard InChI is InChI=1S/C20H26FN3/c1-6-24(5)13-23-20-10-15(3)19(9-16(20)4)22-12-17-11-18(21)8-7-14(17)2/h7-11,13,22H,6,12H2,1-5H3. The van der Waals surface area contributed by atoms with Crippen LogP contribution in [0.3, 0.4) is 0 Å². The Morgan fingerprint density at radius 1 is 1.08 bits per heavy atom. The van der Waals surface area contributed by atoms with Crippen LogP contribution in [0.1, 0.15) is 29.2 Å². The SMILES string of the molecule is CCN(C)C=Nc1cc(C)c(NCc2cc(F)ccc2C)cc1C. The van der Waals surface area contributed by atoms with Gasteiger partial charge in [0.05, 0.1) is 12.0 Å². The third-order valence-corrected chi connectivity index (χ3v) is 4.22. The predicted octanol–water partition coefficient (Wildman–Crippen LogP) is 4.97. The van der Waals surface area contributed by atoms with Crippen LogP contribution in [0.15, 0.2) is 35.3 Å². The first kappa shape index (κ1) is 18.0. The van der Waals surface area contributed by atoms with Gasteiger partial charge in [0, 0.05) is 25.8 Å². The van der Waals surface area contributed by atoms with E-state index in [1.165, 1.54) is 6.07 Å². The number of benzene rings is 2. The van der Waals surface area contributed by atoms with E-state index in [-0.39, 0.29) is 5.82 Å². The van der Waals surface area contributed by atoms with Crippen LogP contribution in [0, 0.1) is 26.6 Å². The van der Waals surface area contributed by atoms with E-state index < -0.39 is 0 Å². The van der Waals surface area contributed by atoms with E-state index in [0.717, 1.165) is 40.2 Å². The van der Waals surface area contributed by atoms with Gasteiger partial charge in [-0.25, -0.2) is 9.38 Å². The first-order chi connectivity index (χ1) is 11.4. The topological polar surface area (TPSA) is 27.6 Å². The van der Waals surface area contributed by atoms with E-state index >= 15 is 0 Å². The highest BCUT2D eigenvalue weighted by Crippen LogP contribution is 2.27. The fraction of sp³-hybridized carbons (Fsp3) is 0.350. The van der Waals surface area contributed by atoms with Gasteiger partial charge in [-0.05, 0) is 74.2 Å². The first-order valence-electron chi connectivity index (χ1n) is 8.25. The minimum atomic E-state index is -0.199. The molecule has 0 unspecified atom stereocenters. The molecule has 4 heteroatoms. The quantitative estimate of drug-likeness (QED) is 0.599. The second-order valence-corrected chi connectivity index (χ2v) is 6.20. The molecule has 0 fully saturated rings. The molecule has 0 radical (unpaired) electrons. The Bertz CT molecular complexity index is 738. The molecular weight excluding hydrogens is 301 g/mol. The summed E-state index contributed by atoms with van der Waals surface area (Å²) in [5, 5.41) is 3.41. The lowest BCUT2D eigenvalue weighted by atomic mass is 10.1. The Hall–Kier alpha value is -2.36. The van der Waals surface area contributed by atoms with Crippen LogP contribution in [0.4, 0.5) is 15.8 Å². The molecule has 2 rings (SSSR count). The lowest BCUT2D eigenvalue weighted by Crippen LogP contribution is -2.14. The van der Waals surface area contributed by atoms with Gasteiger partial charge < -0.3 is 10.2 Å². The monoisotopic (exact) mass is 327 g/mol. The summed E-state index contributed by atoms with van der Waals surface area (Å²) in [7, 11) is 2.00. The van der Waals surface area contributed by atoms with Gasteiger partial charge in [0.15, 0.2) is 0 Å². The maximum Gasteiger partial charge on any atom is 0.123 e. The molecule has 0 saturated heterocycles. The zero-order valence-corrected chi connectivity index (χ0v) is 15.2. The van der Waals surface area contributed by atoms with Crippen molar-refractivity contribution in [1.82, 2.24) is 4.90 Å². The molecule has 0 aliphatic heterocycles. The van der Waals surface area contributed by atoms with Crippen LogP contribution in [0.25, 0.3) is 0 Å². The van der Waals surface area contributed by atoms with Crippen molar-refractivity contribution in [3.05, 3.63) is 58.4 Å². The molecular formula is C20H26FN3. The Morgan fingerprint density at radius 2 is 1.83 bits per heavy atom. The van der Waals surface area contributed by atoms with Gasteiger partial charge in [-0.3, -0.25) is 0 Å². The zero-order chi connectivity index (χ0) is 17.7. The molecule has 128 valence electrons. The Labute approximate surface area is 144 Å². The number of anilines is 1. The van der Waals surface area contributed by atoms with Crippen molar-refractivity contribution in [2.24, 2.45) is 4.99 Å². The van der Waals surface area contributed by atoms with Crippen molar-refractivity contribution in [2.45, 2.75) is 34.2 Å². The second-order valence-electron chi connectivity index (χ2n) is 6.20. The van der Waals surface area contributed by atoms with Crippen molar-refractivity contribution in [3.63, 3.8) is 0 Å². The smallest absolute Gasteiger partial charge is 0.123 e. The van der Waals surface area contributed by atoms with Gasteiger partial charge in [0.25, 0.3) is 0 Å². The fourth-order valence-electron chi connectivity index (χ4n) is 2.39. The first-order valence-corrected chi connectivity index (χ1v) is 8.25. The zero-order valence-electron chi connectivity index (χ0n) is 15.2. The lowest BCUT2D eigenvalue weighted by molar-refractivity contribution is 0.552. The molecule has 1 N–H and O–H groups in total. The van der Waals surface area contributed by atoms with Crippen molar-refractivity contribution >= 4 is 17.7 Å². The van der Waals surface area contributed by atoms with Crippen LogP contribution in [0.2, 0.25) is 0 Å². The van der Waals surface area contributed by atoms with E-state index in [0.29, 0.717) is 6.54 Å². The summed E-state index contributed by atoms with van der Waals surface area (Å²) in [6.07, 6.45) is 1.85. The molecule has 0 heterocycles. The molecule has 0 aliphatic rings. The van der Waals surface area contributed by atoms with Gasteiger partial charge in [-0.1, -0.05) is 6.07 Å². The average molecular weight is 327 g/mol. The van der Waals surface area contributed by atoms with Crippen LogP contribution in [0.5, 0.6) is 0 Å². The molecule has 0 amide bonds. The number of aliphatic imine (C=N–C) groups is 1. The molecule has 0 saturated carbocycles. The highest BCUT2D eigenvalue weighted by Gasteiger charge is 2.06. The van der Waals surface area contributed by atoms with Crippen LogP contribution >= 0.6 is 0 Å². The predicted molar refractivity (Wildman–Crippen MR) is 101 cm³/mol. The van der Waals surface area contributed by atoms with Crippen LogP contribution in [-0.4, -0.2) is 24.8 Å². The third kappa shape index (κ3) is 4.57. The number of hydrogen-bond donors (Lipinski definition) is 1. The van der Waals surface area contributed by atoms with E-state index in [2.05, 4.69) is 43.2 Å². The number of hydrogen-bond acceptors (Lipinski definition) is 2. The summed E-state index contributed by atoms with van der Waals surface area (Å²) in [5.41, 5.74) is 6.32. The second kappa shape index (κ2) is 7.95. The van der Waals surface area contributed by atoms with Crippen molar-refractivity contribution in [1.29, 1.82) is 0 Å². The Morgan fingerprint density at radius 3 is 2.54 bits per heavy atom. The summed E-state index contributed by atoms with van der Waals surface area (Å²) >= 11 is 0. The maximum absolute atomic E-state index is 13.4. The minimum absolute atomic E-state index is 0.199. The molecule has 0 atom stereocenters. The molecule has 0 aromatic heterocycles. The average Bonchev–Trinajstić information content (AvgIpc) is 2.56. The summed E-state index contributed by atoms with van der Waals surface area (Å²) in [5.74, 6) is -0.199. The Kier molecular flexibility index (Phi) is 5.96. The van der Waals surface area contributed by atoms with E-state index in [1.807, 2.05) is 31.3 Å². The summed E-state index contributed by atoms with van der Waals surface area (Å²) in [6, 6.07) is 9.07. The van der Waals surface area contributed by atoms with Gasteiger partial charge in [-0.2, -0.15) is 0 Å². The number of rotatable bonds is 6. The van der Waals surface area contributed by atoms with Gasteiger partial charge in [-0.15, -0.1) is 0 Å². The number of halogens is 1. The highest BCUT2D eigenvalue weighted by atomic mass is 19.1. The Balaban J connectivity index is 2.15. The fourth-order valence-corrected chi connectivity index (χ4v) is 2.39. The molecule has 3 nitrogen and oxygen atoms in total. The van der Waals surface area contributed by atoms with Crippen LogP contribution in [-0.2, 0) is 6.54 Å². The molecule has 2 aromatic rings. The largest absolute Gasteiger partial charge is 0.381 e. The molecule has 0 spiro atoms. The summed E-state index contributed by atoms with van der Waals surface area (Å²) in [6.45, 7) is 9.72. The number of nitrogens with one attached hydrogen (secondary N) is 1. The molecule has 2 aromatic carbocycles.